The zero-order valence-corrected chi connectivity index (χ0v) is 9.29. The first-order chi connectivity index (χ1) is 8.03. The van der Waals surface area contributed by atoms with Gasteiger partial charge in [-0.1, -0.05) is 12.1 Å². The van der Waals surface area contributed by atoms with E-state index >= 15 is 0 Å². The van der Waals surface area contributed by atoms with Crippen LogP contribution >= 0.6 is 0 Å². The van der Waals surface area contributed by atoms with E-state index in [1.807, 2.05) is 0 Å². The van der Waals surface area contributed by atoms with E-state index < -0.39 is 12.8 Å². The monoisotopic (exact) mass is 250 g/mol. The second kappa shape index (κ2) is 6.34. The van der Waals surface area contributed by atoms with Crippen molar-refractivity contribution in [2.75, 3.05) is 26.9 Å². The number of hydrogen-bond donors (Lipinski definition) is 0. The summed E-state index contributed by atoms with van der Waals surface area (Å²) in [5.74, 6) is 0.342. The molecular formula is C11H13F3O3. The molecule has 0 saturated heterocycles. The van der Waals surface area contributed by atoms with Gasteiger partial charge in [-0.15, -0.1) is 0 Å². The molecule has 6 heteroatoms. The van der Waals surface area contributed by atoms with Crippen molar-refractivity contribution in [1.82, 2.24) is 0 Å². The fourth-order valence-electron chi connectivity index (χ4n) is 1.08. The lowest BCUT2D eigenvalue weighted by molar-refractivity contribution is -0.153. The van der Waals surface area contributed by atoms with E-state index in [0.717, 1.165) is 0 Å². The molecule has 0 unspecified atom stereocenters. The molecule has 1 rings (SSSR count). The lowest BCUT2D eigenvalue weighted by Crippen LogP contribution is -2.19. The van der Waals surface area contributed by atoms with E-state index in [0.29, 0.717) is 6.61 Å². The van der Waals surface area contributed by atoms with Crippen LogP contribution in [0.2, 0.25) is 0 Å². The fourth-order valence-corrected chi connectivity index (χ4v) is 1.08. The maximum atomic E-state index is 12.0. The van der Waals surface area contributed by atoms with E-state index in [-0.39, 0.29) is 18.1 Å². The minimum atomic E-state index is -4.36. The molecule has 0 fully saturated rings. The molecule has 0 saturated carbocycles. The van der Waals surface area contributed by atoms with Crippen LogP contribution in [0.15, 0.2) is 24.3 Å². The standard InChI is InChI=1S/C11H13F3O3/c1-15-6-7-16-9-4-2-3-5-10(9)17-8-11(12,13)14/h2-5H,6-8H2,1H3. The summed E-state index contributed by atoms with van der Waals surface area (Å²) in [6, 6.07) is 6.20. The summed E-state index contributed by atoms with van der Waals surface area (Å²) in [5, 5.41) is 0. The number of methoxy groups -OCH3 is 1. The van der Waals surface area contributed by atoms with Gasteiger partial charge in [0.15, 0.2) is 18.1 Å². The first-order valence-corrected chi connectivity index (χ1v) is 4.93. The molecular weight excluding hydrogens is 237 g/mol. The van der Waals surface area contributed by atoms with Crippen molar-refractivity contribution in [1.29, 1.82) is 0 Å². The third-order valence-electron chi connectivity index (χ3n) is 1.79. The van der Waals surface area contributed by atoms with Gasteiger partial charge in [0.1, 0.15) is 6.61 Å². The Balaban J connectivity index is 2.58. The number of rotatable bonds is 6. The lowest BCUT2D eigenvalue weighted by Gasteiger charge is -2.13. The molecule has 0 amide bonds. The Kier molecular flexibility index (Phi) is 5.09. The van der Waals surface area contributed by atoms with Crippen LogP contribution in [0.25, 0.3) is 0 Å². The summed E-state index contributed by atoms with van der Waals surface area (Å²) in [5.41, 5.74) is 0. The molecule has 0 atom stereocenters. The highest BCUT2D eigenvalue weighted by atomic mass is 19.4. The van der Waals surface area contributed by atoms with Crippen LogP contribution in [-0.4, -0.2) is 33.1 Å². The van der Waals surface area contributed by atoms with E-state index in [1.165, 1.54) is 13.2 Å². The molecule has 0 heterocycles. The van der Waals surface area contributed by atoms with E-state index in [4.69, 9.17) is 9.47 Å². The van der Waals surface area contributed by atoms with Gasteiger partial charge < -0.3 is 14.2 Å². The third-order valence-corrected chi connectivity index (χ3v) is 1.79. The first kappa shape index (κ1) is 13.6. The van der Waals surface area contributed by atoms with Crippen LogP contribution < -0.4 is 9.47 Å². The van der Waals surface area contributed by atoms with Gasteiger partial charge in [0.2, 0.25) is 0 Å². The SMILES string of the molecule is COCCOc1ccccc1OCC(F)(F)F. The van der Waals surface area contributed by atoms with Gasteiger partial charge in [0.05, 0.1) is 6.61 Å². The molecule has 0 aliphatic heterocycles. The minimum Gasteiger partial charge on any atom is -0.487 e. The van der Waals surface area contributed by atoms with Gasteiger partial charge in [-0.3, -0.25) is 0 Å². The largest absolute Gasteiger partial charge is 0.487 e. The Morgan fingerprint density at radius 2 is 1.59 bits per heavy atom. The molecule has 0 bridgehead atoms. The highest BCUT2D eigenvalue weighted by Gasteiger charge is 2.28. The summed E-state index contributed by atoms with van der Waals surface area (Å²) in [6.07, 6.45) is -4.36. The predicted molar refractivity (Wildman–Crippen MR) is 55.4 cm³/mol. The van der Waals surface area contributed by atoms with Crippen molar-refractivity contribution in [2.45, 2.75) is 6.18 Å². The van der Waals surface area contributed by atoms with Crippen LogP contribution in [0.1, 0.15) is 0 Å². The van der Waals surface area contributed by atoms with Crippen LogP contribution in [0, 0.1) is 0 Å². The quantitative estimate of drug-likeness (QED) is 0.726. The second-order valence-electron chi connectivity index (χ2n) is 3.19. The van der Waals surface area contributed by atoms with Gasteiger partial charge >= 0.3 is 6.18 Å². The molecule has 17 heavy (non-hydrogen) atoms. The molecule has 0 aliphatic carbocycles. The van der Waals surface area contributed by atoms with Gasteiger partial charge in [-0.2, -0.15) is 13.2 Å². The zero-order chi connectivity index (χ0) is 12.7. The van der Waals surface area contributed by atoms with Gasteiger partial charge in [0, 0.05) is 7.11 Å². The van der Waals surface area contributed by atoms with Gasteiger partial charge in [-0.25, -0.2) is 0 Å². The Bertz CT molecular complexity index is 339. The summed E-state index contributed by atoms with van der Waals surface area (Å²) in [4.78, 5) is 0. The zero-order valence-electron chi connectivity index (χ0n) is 9.29. The second-order valence-corrected chi connectivity index (χ2v) is 3.19. The number of hydrogen-bond acceptors (Lipinski definition) is 3. The Hall–Kier alpha value is -1.43. The molecule has 1 aromatic rings. The normalized spacial score (nSPS) is 11.3. The van der Waals surface area contributed by atoms with Crippen molar-refractivity contribution in [2.24, 2.45) is 0 Å². The Morgan fingerprint density at radius 3 is 2.12 bits per heavy atom. The summed E-state index contributed by atoms with van der Waals surface area (Å²) < 4.78 is 50.6. The van der Waals surface area contributed by atoms with Crippen molar-refractivity contribution in [3.8, 4) is 11.5 Å². The highest BCUT2D eigenvalue weighted by Crippen LogP contribution is 2.28. The Labute approximate surface area is 97.1 Å². The van der Waals surface area contributed by atoms with Gasteiger partial charge in [-0.05, 0) is 12.1 Å². The van der Waals surface area contributed by atoms with Crippen LogP contribution in [0.5, 0.6) is 11.5 Å². The minimum absolute atomic E-state index is 0.0703. The Morgan fingerprint density at radius 1 is 1.00 bits per heavy atom. The van der Waals surface area contributed by atoms with Gasteiger partial charge in [0.25, 0.3) is 0 Å². The molecule has 3 nitrogen and oxygen atoms in total. The van der Waals surface area contributed by atoms with E-state index in [2.05, 4.69) is 4.74 Å². The molecule has 1 aromatic carbocycles. The molecule has 0 radical (unpaired) electrons. The molecule has 0 aliphatic rings. The molecule has 0 aromatic heterocycles. The van der Waals surface area contributed by atoms with Crippen molar-refractivity contribution in [3.05, 3.63) is 24.3 Å². The van der Waals surface area contributed by atoms with Crippen molar-refractivity contribution < 1.29 is 27.4 Å². The maximum Gasteiger partial charge on any atom is 0.422 e. The van der Waals surface area contributed by atoms with Crippen molar-refractivity contribution >= 4 is 0 Å². The highest BCUT2D eigenvalue weighted by molar-refractivity contribution is 5.39. The van der Waals surface area contributed by atoms with E-state index in [1.54, 1.807) is 18.2 Å². The van der Waals surface area contributed by atoms with Crippen molar-refractivity contribution in [3.63, 3.8) is 0 Å². The summed E-state index contributed by atoms with van der Waals surface area (Å²) in [6.45, 7) is -0.728. The summed E-state index contributed by atoms with van der Waals surface area (Å²) in [7, 11) is 1.51. The van der Waals surface area contributed by atoms with E-state index in [9.17, 15) is 13.2 Å². The molecule has 0 N–H and O–H groups in total. The number of benzene rings is 1. The smallest absolute Gasteiger partial charge is 0.422 e. The number of halogens is 3. The fraction of sp³-hybridized carbons (Fsp3) is 0.455. The topological polar surface area (TPSA) is 27.7 Å². The molecule has 0 spiro atoms. The number of alkyl halides is 3. The first-order valence-electron chi connectivity index (χ1n) is 4.93. The van der Waals surface area contributed by atoms with Crippen LogP contribution in [0.4, 0.5) is 13.2 Å². The predicted octanol–water partition coefficient (Wildman–Crippen LogP) is 2.65. The number of para-hydroxylation sites is 2. The van der Waals surface area contributed by atoms with Crippen LogP contribution in [0.3, 0.4) is 0 Å². The molecule has 96 valence electrons. The summed E-state index contributed by atoms with van der Waals surface area (Å²) >= 11 is 0. The lowest BCUT2D eigenvalue weighted by atomic mass is 10.3. The average Bonchev–Trinajstić information content (AvgIpc) is 2.27. The number of ether oxygens (including phenoxy) is 3. The average molecular weight is 250 g/mol. The maximum absolute atomic E-state index is 12.0. The van der Waals surface area contributed by atoms with Crippen LogP contribution in [-0.2, 0) is 4.74 Å². The third kappa shape index (κ3) is 5.44.